The number of carbonyl (C=O) groups is 1. The summed E-state index contributed by atoms with van der Waals surface area (Å²) in [6.07, 6.45) is 5.32. The molecule has 190 valence electrons. The number of ketones is 1. The Bertz CT molecular complexity index is 1420. The Morgan fingerprint density at radius 2 is 1.95 bits per heavy atom. The summed E-state index contributed by atoms with van der Waals surface area (Å²) in [5.74, 6) is 0.786. The van der Waals surface area contributed by atoms with Crippen molar-refractivity contribution < 1.29 is 9.18 Å². The molecule has 0 aliphatic carbocycles. The van der Waals surface area contributed by atoms with Gasteiger partial charge >= 0.3 is 0 Å². The monoisotopic (exact) mass is 499 g/mol. The summed E-state index contributed by atoms with van der Waals surface area (Å²) in [7, 11) is 4.16. The van der Waals surface area contributed by atoms with Crippen LogP contribution < -0.4 is 10.2 Å². The lowest BCUT2D eigenvalue weighted by Gasteiger charge is -2.35. The van der Waals surface area contributed by atoms with E-state index >= 15 is 0 Å². The topological polar surface area (TPSA) is 79.2 Å². The van der Waals surface area contributed by atoms with Crippen LogP contribution in [0.15, 0.2) is 67.5 Å². The Morgan fingerprint density at radius 3 is 2.65 bits per heavy atom. The molecule has 1 N–H and O–H groups in total. The van der Waals surface area contributed by atoms with Crippen molar-refractivity contribution in [1.82, 2.24) is 24.4 Å². The molecule has 2 aromatic heterocycles. The number of piperidine rings is 1. The highest BCUT2D eigenvalue weighted by Gasteiger charge is 2.24. The molecule has 0 saturated carbocycles. The Labute approximate surface area is 215 Å². The number of rotatable bonds is 8. The second kappa shape index (κ2) is 10.5. The Morgan fingerprint density at radius 1 is 1.19 bits per heavy atom. The van der Waals surface area contributed by atoms with E-state index in [4.69, 9.17) is 9.97 Å². The van der Waals surface area contributed by atoms with E-state index in [-0.39, 0.29) is 11.6 Å². The minimum Gasteiger partial charge on any atom is -0.341 e. The van der Waals surface area contributed by atoms with Gasteiger partial charge in [0.25, 0.3) is 0 Å². The van der Waals surface area contributed by atoms with E-state index in [0.717, 1.165) is 37.2 Å². The number of anilines is 3. The highest BCUT2D eigenvalue weighted by molar-refractivity contribution is 5.91. The third kappa shape index (κ3) is 5.36. The summed E-state index contributed by atoms with van der Waals surface area (Å²) in [5.41, 5.74) is 3.52. The summed E-state index contributed by atoms with van der Waals surface area (Å²) in [6.45, 7) is 5.57. The number of imidazole rings is 1. The smallest absolute Gasteiger partial charge is 0.229 e. The third-order valence-electron chi connectivity index (χ3n) is 6.84. The number of hydrogen-bond acceptors (Lipinski definition) is 7. The first-order valence-electron chi connectivity index (χ1n) is 12.3. The van der Waals surface area contributed by atoms with Gasteiger partial charge < -0.3 is 15.1 Å². The average molecular weight is 500 g/mol. The van der Waals surface area contributed by atoms with Crippen molar-refractivity contribution in [2.75, 3.05) is 37.4 Å². The zero-order valence-corrected chi connectivity index (χ0v) is 21.1. The molecule has 1 fully saturated rings. The normalized spacial score (nSPS) is 14.6. The van der Waals surface area contributed by atoms with Crippen LogP contribution >= 0.6 is 0 Å². The summed E-state index contributed by atoms with van der Waals surface area (Å²) in [5, 5.41) is 3.38. The molecule has 0 radical (unpaired) electrons. The molecule has 2 aromatic carbocycles. The molecular weight excluding hydrogens is 469 g/mol. The number of fused-ring (bicyclic) bond motifs is 1. The molecule has 9 heteroatoms. The van der Waals surface area contributed by atoms with Gasteiger partial charge in [0, 0.05) is 25.2 Å². The summed E-state index contributed by atoms with van der Waals surface area (Å²) in [4.78, 5) is 30.5. The first-order valence-corrected chi connectivity index (χ1v) is 12.3. The van der Waals surface area contributed by atoms with Gasteiger partial charge in [0.05, 0.1) is 5.69 Å². The molecule has 1 aliphatic heterocycles. The SMILES string of the molecule is C=CC(=O)Cc1ccc(Nc2nc(N(C)C3CCN(C)CC3)nc3c2ncn3-c2cccc(F)c2)cc1. The number of hydrogen-bond donors (Lipinski definition) is 1. The summed E-state index contributed by atoms with van der Waals surface area (Å²) in [6, 6.07) is 14.3. The number of allylic oxidation sites excluding steroid dienone is 1. The molecule has 0 atom stereocenters. The summed E-state index contributed by atoms with van der Waals surface area (Å²) >= 11 is 0. The predicted molar refractivity (Wildman–Crippen MR) is 144 cm³/mol. The van der Waals surface area contributed by atoms with Crippen LogP contribution in [0.5, 0.6) is 0 Å². The van der Waals surface area contributed by atoms with E-state index < -0.39 is 0 Å². The number of halogens is 1. The van der Waals surface area contributed by atoms with Gasteiger partial charge in [0.2, 0.25) is 5.95 Å². The average Bonchev–Trinajstić information content (AvgIpc) is 3.34. The van der Waals surface area contributed by atoms with Crippen molar-refractivity contribution >= 4 is 34.4 Å². The van der Waals surface area contributed by atoms with Crippen molar-refractivity contribution in [1.29, 1.82) is 0 Å². The van der Waals surface area contributed by atoms with Gasteiger partial charge in [-0.05, 0) is 75.0 Å². The van der Waals surface area contributed by atoms with Crippen LogP contribution in [0, 0.1) is 5.82 Å². The van der Waals surface area contributed by atoms with Crippen molar-refractivity contribution in [2.24, 2.45) is 0 Å². The Hall–Kier alpha value is -4.11. The highest BCUT2D eigenvalue weighted by Crippen LogP contribution is 2.29. The molecule has 1 aliphatic rings. The zero-order valence-electron chi connectivity index (χ0n) is 21.1. The van der Waals surface area contributed by atoms with Crippen LogP contribution in [0.25, 0.3) is 16.9 Å². The number of nitrogens with zero attached hydrogens (tertiary/aromatic N) is 6. The van der Waals surface area contributed by atoms with Gasteiger partial charge in [-0.25, -0.2) is 9.37 Å². The van der Waals surface area contributed by atoms with Crippen LogP contribution in [-0.4, -0.2) is 63.4 Å². The first-order chi connectivity index (χ1) is 17.9. The summed E-state index contributed by atoms with van der Waals surface area (Å²) < 4.78 is 15.8. The molecular formula is C28H30FN7O. The van der Waals surface area contributed by atoms with Gasteiger partial charge in [-0.15, -0.1) is 0 Å². The molecule has 0 unspecified atom stereocenters. The Kier molecular flexibility index (Phi) is 6.96. The molecule has 3 heterocycles. The van der Waals surface area contributed by atoms with Gasteiger partial charge in [0.15, 0.2) is 22.8 Å². The minimum atomic E-state index is -0.328. The minimum absolute atomic E-state index is 0.0253. The van der Waals surface area contributed by atoms with Crippen molar-refractivity contribution in [3.8, 4) is 5.69 Å². The predicted octanol–water partition coefficient (Wildman–Crippen LogP) is 4.53. The highest BCUT2D eigenvalue weighted by atomic mass is 19.1. The molecule has 5 rings (SSSR count). The lowest BCUT2D eigenvalue weighted by Crippen LogP contribution is -2.42. The van der Waals surface area contributed by atoms with Crippen molar-refractivity contribution in [2.45, 2.75) is 25.3 Å². The third-order valence-corrected chi connectivity index (χ3v) is 6.84. The standard InChI is InChI=1S/C28H30FN7O/c1-4-24(37)16-19-8-10-21(11-9-19)31-26-25-27(36(18-30-25)23-7-5-6-20(29)17-23)33-28(32-26)35(3)22-12-14-34(2)15-13-22/h4-11,17-18,22H,1,12-16H2,2-3H3,(H,31,32,33). The number of nitrogens with one attached hydrogen (secondary N) is 1. The molecule has 4 aromatic rings. The maximum Gasteiger partial charge on any atom is 0.229 e. The van der Waals surface area contributed by atoms with E-state index in [1.165, 1.54) is 18.2 Å². The number of aromatic nitrogens is 4. The quantitative estimate of drug-likeness (QED) is 0.357. The van der Waals surface area contributed by atoms with E-state index in [1.807, 2.05) is 37.4 Å². The second-order valence-corrected chi connectivity index (χ2v) is 9.45. The number of carbonyl (C=O) groups excluding carboxylic acids is 1. The second-order valence-electron chi connectivity index (χ2n) is 9.45. The zero-order chi connectivity index (χ0) is 25.9. The fourth-order valence-electron chi connectivity index (χ4n) is 4.61. The van der Waals surface area contributed by atoms with Crippen molar-refractivity contribution in [3.05, 3.63) is 78.9 Å². The van der Waals surface area contributed by atoms with Crippen LogP contribution in [-0.2, 0) is 11.2 Å². The van der Waals surface area contributed by atoms with Crippen LogP contribution in [0.2, 0.25) is 0 Å². The molecule has 8 nitrogen and oxygen atoms in total. The lowest BCUT2D eigenvalue weighted by atomic mass is 10.0. The Balaban J connectivity index is 1.53. The van der Waals surface area contributed by atoms with E-state index in [9.17, 15) is 9.18 Å². The van der Waals surface area contributed by atoms with Crippen LogP contribution in [0.1, 0.15) is 18.4 Å². The van der Waals surface area contributed by atoms with E-state index in [1.54, 1.807) is 17.0 Å². The van der Waals surface area contributed by atoms with Crippen LogP contribution in [0.3, 0.4) is 0 Å². The molecule has 1 saturated heterocycles. The maximum absolute atomic E-state index is 14.0. The van der Waals surface area contributed by atoms with Crippen LogP contribution in [0.4, 0.5) is 21.8 Å². The van der Waals surface area contributed by atoms with Crippen molar-refractivity contribution in [3.63, 3.8) is 0 Å². The number of benzene rings is 2. The molecule has 0 bridgehead atoms. The molecule has 37 heavy (non-hydrogen) atoms. The van der Waals surface area contributed by atoms with E-state index in [2.05, 4.69) is 33.7 Å². The maximum atomic E-state index is 14.0. The lowest BCUT2D eigenvalue weighted by molar-refractivity contribution is -0.114. The van der Waals surface area contributed by atoms with Gasteiger partial charge in [0.1, 0.15) is 12.1 Å². The first kappa shape index (κ1) is 24.6. The van der Waals surface area contributed by atoms with Gasteiger partial charge in [-0.2, -0.15) is 9.97 Å². The largest absolute Gasteiger partial charge is 0.341 e. The number of likely N-dealkylation sites (tertiary alicyclic amines) is 1. The van der Waals surface area contributed by atoms with Gasteiger partial charge in [-0.1, -0.05) is 24.8 Å². The molecule has 0 spiro atoms. The van der Waals surface area contributed by atoms with E-state index in [0.29, 0.717) is 41.1 Å². The van der Waals surface area contributed by atoms with Gasteiger partial charge in [-0.3, -0.25) is 9.36 Å². The fourth-order valence-corrected chi connectivity index (χ4v) is 4.61. The molecule has 0 amide bonds. The fraction of sp³-hybridized carbons (Fsp3) is 0.286.